The van der Waals surface area contributed by atoms with Crippen molar-refractivity contribution in [1.82, 2.24) is 36.9 Å². The van der Waals surface area contributed by atoms with Crippen molar-refractivity contribution in [2.75, 3.05) is 19.6 Å². The number of aliphatic imine (C=N–C) groups is 2. The topological polar surface area (TPSA) is 440 Å². The Hall–Kier alpha value is -8.38. The Morgan fingerprint density at radius 3 is 2.03 bits per heavy atom. The van der Waals surface area contributed by atoms with Gasteiger partial charge in [-0.15, -0.1) is 0 Å². The molecule has 4 rings (SSSR count). The highest BCUT2D eigenvalue weighted by molar-refractivity contribution is 5.99. The van der Waals surface area contributed by atoms with Crippen LogP contribution in [0.5, 0.6) is 0 Å². The molecule has 1 fully saturated rings. The van der Waals surface area contributed by atoms with Gasteiger partial charge in [0.05, 0.1) is 12.5 Å². The largest absolute Gasteiger partial charge is 0.370 e. The summed E-state index contributed by atoms with van der Waals surface area (Å²) >= 11 is 0. The molecular weight excluding hydrogens is 983 g/mol. The number of H-pyrrole nitrogens is 1. The van der Waals surface area contributed by atoms with Crippen molar-refractivity contribution in [2.24, 2.45) is 56.2 Å². The molecule has 1 saturated heterocycles. The molecule has 3 aromatic rings. The van der Waals surface area contributed by atoms with E-state index in [-0.39, 0.29) is 102 Å². The number of para-hydroxylation sites is 1. The molecule has 2 heterocycles. The number of nitrogens with one attached hydrogen (secondary N) is 7. The van der Waals surface area contributed by atoms with Crippen molar-refractivity contribution >= 4 is 81.6 Å². The lowest BCUT2D eigenvalue weighted by atomic mass is 9.83. The number of carbonyl (C=O) groups is 10. The molecule has 7 atom stereocenters. The summed E-state index contributed by atoms with van der Waals surface area (Å²) in [5.74, 6) is -10.1. The molecule has 0 bridgehead atoms. The number of aromatic nitrogens is 1. The summed E-state index contributed by atoms with van der Waals surface area (Å²) < 4.78 is 0. The number of amides is 8. The summed E-state index contributed by atoms with van der Waals surface area (Å²) in [6.45, 7) is 1.37. The van der Waals surface area contributed by atoms with Gasteiger partial charge in [-0.3, -0.25) is 57.9 Å². The summed E-state index contributed by atoms with van der Waals surface area (Å²) in [7, 11) is 0. The normalized spacial score (nSPS) is 21.1. The quantitative estimate of drug-likeness (QED) is 0.0354. The van der Waals surface area contributed by atoms with Crippen LogP contribution in [0.25, 0.3) is 10.9 Å². The fraction of sp³-hybridized carbons (Fsp3) is 0.490. The zero-order valence-electron chi connectivity index (χ0n) is 42.8. The van der Waals surface area contributed by atoms with E-state index in [4.69, 9.17) is 34.4 Å². The van der Waals surface area contributed by atoms with E-state index >= 15 is 0 Å². The van der Waals surface area contributed by atoms with Gasteiger partial charge in [0.2, 0.25) is 47.3 Å². The van der Waals surface area contributed by atoms with Crippen molar-refractivity contribution in [3.05, 3.63) is 71.9 Å². The Kier molecular flexibility index (Phi) is 24.3. The van der Waals surface area contributed by atoms with Crippen LogP contribution in [0.2, 0.25) is 0 Å². The number of rotatable bonds is 19. The lowest BCUT2D eigenvalue weighted by Gasteiger charge is -2.27. The van der Waals surface area contributed by atoms with Crippen LogP contribution in [0, 0.1) is 11.8 Å². The van der Waals surface area contributed by atoms with Gasteiger partial charge in [0.25, 0.3) is 0 Å². The van der Waals surface area contributed by atoms with E-state index in [1.807, 2.05) is 24.3 Å². The van der Waals surface area contributed by atoms with Crippen molar-refractivity contribution < 1.29 is 47.9 Å². The SMILES string of the molecule is CC(=O)N[C@H](CCCN=C(N)N)C(=O)N[C@H]1CC(=O)NCCCC[C@@H](C(N)=O)NC(=O)[C@H](Cc2c[nH]c3ccccc23)CC(=O)[C@H](CCCN=C(N)N)CC(=O)[C@@H](Cc2ccccc2)NC(=O)[C@H](CCC(N)=O)NC1=O. The zero-order valence-corrected chi connectivity index (χ0v) is 42.8. The Labute approximate surface area is 440 Å². The molecule has 25 nitrogen and oxygen atoms in total. The van der Waals surface area contributed by atoms with Gasteiger partial charge in [-0.1, -0.05) is 48.5 Å². The van der Waals surface area contributed by atoms with Gasteiger partial charge in [0.15, 0.2) is 17.7 Å². The Balaban J connectivity index is 1.79. The van der Waals surface area contributed by atoms with E-state index in [1.54, 1.807) is 36.5 Å². The van der Waals surface area contributed by atoms with Crippen molar-refractivity contribution in [2.45, 2.75) is 127 Å². The second kappa shape index (κ2) is 30.7. The molecule has 0 aliphatic carbocycles. The number of guanidine groups is 2. The van der Waals surface area contributed by atoms with Crippen LogP contribution < -0.4 is 66.3 Å². The van der Waals surface area contributed by atoms with Crippen molar-refractivity contribution in [3.8, 4) is 0 Å². The van der Waals surface area contributed by atoms with Gasteiger partial charge in [-0.05, 0) is 81.4 Å². The van der Waals surface area contributed by atoms with Crippen LogP contribution in [0.1, 0.15) is 95.1 Å². The average Bonchev–Trinajstić information content (AvgIpc) is 3.77. The predicted octanol–water partition coefficient (Wildman–Crippen LogP) is -1.90. The fourth-order valence-electron chi connectivity index (χ4n) is 8.77. The van der Waals surface area contributed by atoms with E-state index in [2.05, 4.69) is 46.9 Å². The number of fused-ring (bicyclic) bond motifs is 1. The molecule has 25 heteroatoms. The van der Waals surface area contributed by atoms with Crippen LogP contribution in [-0.4, -0.2) is 126 Å². The van der Waals surface area contributed by atoms with Crippen LogP contribution in [0.15, 0.2) is 70.8 Å². The number of carbonyl (C=O) groups excluding carboxylic acids is 10. The first-order valence-corrected chi connectivity index (χ1v) is 25.3. The Bertz CT molecular complexity index is 2580. The predicted molar refractivity (Wildman–Crippen MR) is 283 cm³/mol. The molecule has 0 saturated carbocycles. The standard InChI is InChI=1S/C51H73N15O10/c1-29(67)62-37(17-10-22-60-51(56)57)47(74)66-40-27-44(71)58-20-8-7-16-36(45(53)72)63-46(73)32(24-33-28-61-35-15-6-5-14-34(33)35)26-41(68)31(13-9-21-59-50(54)55)25-42(69)39(23-30-11-3-2-4-12-30)65-48(75)38(64-49(40)76)18-19-43(52)70/h2-6,11-12,14-15,28,31-32,36-40,61H,7-10,13,16-27H2,1H3,(H2,52,70)(H2,53,72)(H,58,71)(H,62,67)(H,63,73)(H,64,76)(H,65,75)(H,66,74)(H4,54,55,59)(H4,56,57,60)/t31-,32-,36+,37-,38+,39-,40+/m1/s1. The highest BCUT2D eigenvalue weighted by Crippen LogP contribution is 2.26. The van der Waals surface area contributed by atoms with Gasteiger partial charge in [0.1, 0.15) is 30.0 Å². The van der Waals surface area contributed by atoms with Gasteiger partial charge < -0.3 is 71.3 Å². The maximum atomic E-state index is 14.7. The second-order valence-corrected chi connectivity index (χ2v) is 18.8. The monoisotopic (exact) mass is 1060 g/mol. The second-order valence-electron chi connectivity index (χ2n) is 18.8. The third-order valence-corrected chi connectivity index (χ3v) is 12.7. The number of aromatic amines is 1. The molecular formula is C51H73N15O10. The van der Waals surface area contributed by atoms with Gasteiger partial charge in [0, 0.05) is 74.8 Å². The average molecular weight is 1060 g/mol. The first-order valence-electron chi connectivity index (χ1n) is 25.3. The Morgan fingerprint density at radius 1 is 0.697 bits per heavy atom. The van der Waals surface area contributed by atoms with E-state index in [0.717, 1.165) is 10.9 Å². The number of ketones is 2. The first kappa shape index (κ1) is 60.2. The number of Topliss-reactive ketones (excluding diaryl/α,β-unsaturated/α-hetero) is 2. The summed E-state index contributed by atoms with van der Waals surface area (Å²) in [6.07, 6.45) is 0.449. The first-order chi connectivity index (χ1) is 36.2. The van der Waals surface area contributed by atoms with Crippen LogP contribution in [-0.2, 0) is 60.8 Å². The fourth-order valence-corrected chi connectivity index (χ4v) is 8.77. The summed E-state index contributed by atoms with van der Waals surface area (Å²) in [5, 5.41) is 16.5. The third kappa shape index (κ3) is 20.9. The molecule has 76 heavy (non-hydrogen) atoms. The highest BCUT2D eigenvalue weighted by atomic mass is 16.2. The number of hydrogen-bond donors (Lipinski definition) is 13. The van der Waals surface area contributed by atoms with Gasteiger partial charge in [-0.2, -0.15) is 0 Å². The minimum Gasteiger partial charge on any atom is -0.370 e. The van der Waals surface area contributed by atoms with E-state index in [0.29, 0.717) is 11.1 Å². The van der Waals surface area contributed by atoms with Crippen LogP contribution >= 0.6 is 0 Å². The van der Waals surface area contributed by atoms with Gasteiger partial charge >= 0.3 is 0 Å². The lowest BCUT2D eigenvalue weighted by Crippen LogP contribution is -2.58. The van der Waals surface area contributed by atoms with Crippen LogP contribution in [0.4, 0.5) is 0 Å². The number of nitrogens with zero attached hydrogens (tertiary/aromatic N) is 2. The minimum absolute atomic E-state index is 0.00257. The molecule has 1 aliphatic heterocycles. The summed E-state index contributed by atoms with van der Waals surface area (Å²) in [5.41, 5.74) is 35.5. The molecule has 1 aromatic heterocycles. The van der Waals surface area contributed by atoms with E-state index in [1.165, 1.54) is 6.92 Å². The molecule has 8 amide bonds. The van der Waals surface area contributed by atoms with Crippen molar-refractivity contribution in [3.63, 3.8) is 0 Å². The maximum absolute atomic E-state index is 14.7. The zero-order chi connectivity index (χ0) is 55.7. The lowest BCUT2D eigenvalue weighted by molar-refractivity contribution is -0.136. The molecule has 0 radical (unpaired) electrons. The summed E-state index contributed by atoms with van der Waals surface area (Å²) in [4.78, 5) is 148. The van der Waals surface area contributed by atoms with E-state index in [9.17, 15) is 47.9 Å². The van der Waals surface area contributed by atoms with E-state index < -0.39 is 120 Å². The molecule has 0 unspecified atom stereocenters. The number of nitrogens with two attached hydrogens (primary N) is 6. The third-order valence-electron chi connectivity index (χ3n) is 12.7. The molecule has 19 N–H and O–H groups in total. The molecule has 412 valence electrons. The number of hydrogen-bond acceptors (Lipinski definition) is 12. The maximum Gasteiger partial charge on any atom is 0.243 e. The molecule has 2 aromatic carbocycles. The minimum atomic E-state index is -1.69. The Morgan fingerprint density at radius 2 is 1.36 bits per heavy atom. The number of primary amides is 2. The molecule has 0 spiro atoms. The smallest absolute Gasteiger partial charge is 0.243 e. The van der Waals surface area contributed by atoms with Gasteiger partial charge in [-0.25, -0.2) is 0 Å². The van der Waals surface area contributed by atoms with Crippen LogP contribution in [0.3, 0.4) is 0 Å². The highest BCUT2D eigenvalue weighted by Gasteiger charge is 2.36. The van der Waals surface area contributed by atoms with Crippen molar-refractivity contribution in [1.29, 1.82) is 0 Å². The number of benzene rings is 2. The summed E-state index contributed by atoms with van der Waals surface area (Å²) in [6, 6.07) is 8.97. The molecule has 1 aliphatic rings.